The van der Waals surface area contributed by atoms with Gasteiger partial charge < -0.3 is 4.74 Å². The minimum Gasteiger partial charge on any atom is -0.469 e. The maximum Gasteiger partial charge on any atom is 0.309 e. The summed E-state index contributed by atoms with van der Waals surface area (Å²) in [5, 5.41) is 0. The number of hydrogen-bond donors (Lipinski definition) is 0. The van der Waals surface area contributed by atoms with Gasteiger partial charge in [0.1, 0.15) is 7.85 Å². The van der Waals surface area contributed by atoms with E-state index in [9.17, 15) is 4.79 Å². The number of rotatable bonds is 4. The number of halogens is 1. The SMILES string of the molecule is B/C(SC(=C)Br)=C(/C)CC(=O)OC. The normalized spacial score (nSPS) is 11.9. The summed E-state index contributed by atoms with van der Waals surface area (Å²) in [5.41, 5.74) is 1.01. The van der Waals surface area contributed by atoms with Gasteiger partial charge in [-0.15, -0.1) is 0 Å². The molecule has 0 aromatic carbocycles. The van der Waals surface area contributed by atoms with Crippen LogP contribution in [0.2, 0.25) is 0 Å². The second-order valence-electron chi connectivity index (χ2n) is 2.55. The molecule has 0 heterocycles. The van der Waals surface area contributed by atoms with E-state index >= 15 is 0 Å². The molecule has 13 heavy (non-hydrogen) atoms. The molecule has 5 heteroatoms. The van der Waals surface area contributed by atoms with Crippen LogP contribution >= 0.6 is 27.7 Å². The first kappa shape index (κ1) is 12.8. The van der Waals surface area contributed by atoms with E-state index in [4.69, 9.17) is 0 Å². The molecule has 0 aliphatic carbocycles. The Hall–Kier alpha value is -0.155. The van der Waals surface area contributed by atoms with Crippen LogP contribution in [0.5, 0.6) is 0 Å². The lowest BCUT2D eigenvalue weighted by Crippen LogP contribution is -2.01. The molecule has 0 N–H and O–H groups in total. The number of hydrogen-bond acceptors (Lipinski definition) is 3. The largest absolute Gasteiger partial charge is 0.469 e. The highest BCUT2D eigenvalue weighted by Crippen LogP contribution is 2.28. The van der Waals surface area contributed by atoms with Crippen molar-refractivity contribution in [2.45, 2.75) is 13.3 Å². The van der Waals surface area contributed by atoms with Crippen LogP contribution in [0.1, 0.15) is 13.3 Å². The van der Waals surface area contributed by atoms with E-state index in [1.807, 2.05) is 14.8 Å². The highest BCUT2D eigenvalue weighted by Gasteiger charge is 2.05. The van der Waals surface area contributed by atoms with Crippen LogP contribution in [0, 0.1) is 0 Å². The fraction of sp³-hybridized carbons (Fsp3) is 0.375. The standard InChI is InChI=1S/C8H12BBrO2S/c1-5(4-7(11)12-3)8(9)13-6(2)10/h2,4,9H2,1,3H3/b8-5+. The summed E-state index contributed by atoms with van der Waals surface area (Å²) in [4.78, 5) is 12.0. The Morgan fingerprint density at radius 1 is 1.69 bits per heavy atom. The van der Waals surface area contributed by atoms with Gasteiger partial charge >= 0.3 is 5.97 Å². The summed E-state index contributed by atoms with van der Waals surface area (Å²) >= 11 is 4.75. The topological polar surface area (TPSA) is 26.3 Å². The quantitative estimate of drug-likeness (QED) is 0.573. The molecule has 2 nitrogen and oxygen atoms in total. The minimum absolute atomic E-state index is 0.211. The summed E-state index contributed by atoms with van der Waals surface area (Å²) in [6.45, 7) is 5.62. The number of methoxy groups -OCH3 is 1. The Balaban J connectivity index is 4.26. The van der Waals surface area contributed by atoms with Gasteiger partial charge in [0.05, 0.1) is 13.5 Å². The number of ether oxygens (including phenoxy) is 1. The average Bonchev–Trinajstić information content (AvgIpc) is 2.02. The van der Waals surface area contributed by atoms with Crippen LogP contribution in [0.25, 0.3) is 0 Å². The molecule has 0 radical (unpaired) electrons. The van der Waals surface area contributed by atoms with Gasteiger partial charge in [0.15, 0.2) is 0 Å². The predicted octanol–water partition coefficient (Wildman–Crippen LogP) is 2.01. The summed E-state index contributed by atoms with van der Waals surface area (Å²) in [5.74, 6) is -0.211. The van der Waals surface area contributed by atoms with Crippen molar-refractivity contribution in [2.24, 2.45) is 0 Å². The van der Waals surface area contributed by atoms with Crippen molar-refractivity contribution in [3.63, 3.8) is 0 Å². The molecular weight excluding hydrogens is 251 g/mol. The van der Waals surface area contributed by atoms with Crippen LogP contribution in [-0.4, -0.2) is 20.9 Å². The van der Waals surface area contributed by atoms with Gasteiger partial charge in [-0.1, -0.05) is 28.7 Å². The van der Waals surface area contributed by atoms with Crippen LogP contribution in [0.4, 0.5) is 0 Å². The molecule has 72 valence electrons. The fourth-order valence-corrected chi connectivity index (χ4v) is 1.97. The molecule has 0 saturated carbocycles. The van der Waals surface area contributed by atoms with Crippen molar-refractivity contribution < 1.29 is 9.53 Å². The number of carbonyl (C=O) groups excluding carboxylic acids is 1. The van der Waals surface area contributed by atoms with E-state index in [0.717, 1.165) is 14.2 Å². The molecule has 0 rings (SSSR count). The zero-order chi connectivity index (χ0) is 10.4. The van der Waals surface area contributed by atoms with Crippen molar-refractivity contribution in [1.29, 1.82) is 0 Å². The third-order valence-electron chi connectivity index (χ3n) is 1.50. The first-order valence-corrected chi connectivity index (χ1v) is 5.33. The lowest BCUT2D eigenvalue weighted by Gasteiger charge is -2.05. The third kappa shape index (κ3) is 5.99. The molecule has 0 bridgehead atoms. The minimum atomic E-state index is -0.211. The van der Waals surface area contributed by atoms with Crippen LogP contribution in [0.3, 0.4) is 0 Å². The maximum atomic E-state index is 10.9. The molecule has 0 atom stereocenters. The first-order valence-electron chi connectivity index (χ1n) is 3.72. The van der Waals surface area contributed by atoms with E-state index in [1.54, 1.807) is 0 Å². The molecule has 0 aliphatic heterocycles. The van der Waals surface area contributed by atoms with E-state index in [-0.39, 0.29) is 5.97 Å². The second kappa shape index (κ2) is 6.32. The predicted molar refractivity (Wildman–Crippen MR) is 63.5 cm³/mol. The van der Waals surface area contributed by atoms with Crippen molar-refractivity contribution in [3.8, 4) is 0 Å². The van der Waals surface area contributed by atoms with Gasteiger partial charge in [-0.05, 0) is 22.9 Å². The second-order valence-corrected chi connectivity index (χ2v) is 5.34. The van der Waals surface area contributed by atoms with E-state index in [2.05, 4.69) is 27.2 Å². The van der Waals surface area contributed by atoms with E-state index in [0.29, 0.717) is 6.42 Å². The van der Waals surface area contributed by atoms with E-state index in [1.165, 1.54) is 18.9 Å². The first-order chi connectivity index (χ1) is 5.97. The molecule has 0 aromatic heterocycles. The van der Waals surface area contributed by atoms with Crippen molar-refractivity contribution in [3.05, 3.63) is 20.8 Å². The molecular formula is C8H12BBrO2S. The van der Waals surface area contributed by atoms with Crippen molar-refractivity contribution in [2.75, 3.05) is 7.11 Å². The highest BCUT2D eigenvalue weighted by molar-refractivity contribution is 9.14. The third-order valence-corrected chi connectivity index (χ3v) is 2.86. The Kier molecular flexibility index (Phi) is 6.25. The van der Waals surface area contributed by atoms with Gasteiger partial charge in [0.2, 0.25) is 0 Å². The zero-order valence-electron chi connectivity index (χ0n) is 8.02. The zero-order valence-corrected chi connectivity index (χ0v) is 10.4. The summed E-state index contributed by atoms with van der Waals surface area (Å²) < 4.78 is 5.40. The Morgan fingerprint density at radius 3 is 2.62 bits per heavy atom. The maximum absolute atomic E-state index is 10.9. The van der Waals surface area contributed by atoms with Gasteiger partial charge in [0, 0.05) is 3.81 Å². The summed E-state index contributed by atoms with van der Waals surface area (Å²) in [7, 11) is 3.34. The van der Waals surface area contributed by atoms with E-state index < -0.39 is 0 Å². The lowest BCUT2D eigenvalue weighted by atomic mass is 10.0. The summed E-state index contributed by atoms with van der Waals surface area (Å²) in [6, 6.07) is 0. The molecule has 0 saturated heterocycles. The Morgan fingerprint density at radius 2 is 2.23 bits per heavy atom. The van der Waals surface area contributed by atoms with Crippen molar-refractivity contribution in [1.82, 2.24) is 0 Å². The number of esters is 1. The van der Waals surface area contributed by atoms with Gasteiger partial charge in [0.25, 0.3) is 0 Å². The number of thioether (sulfide) groups is 1. The van der Waals surface area contributed by atoms with Crippen molar-refractivity contribution >= 4 is 41.5 Å². The summed E-state index contributed by atoms with van der Waals surface area (Å²) in [6.07, 6.45) is 0.343. The van der Waals surface area contributed by atoms with Gasteiger partial charge in [-0.3, -0.25) is 4.79 Å². The fourth-order valence-electron chi connectivity index (χ4n) is 0.666. The molecule has 0 amide bonds. The average molecular weight is 263 g/mol. The molecule has 0 aliphatic rings. The molecule has 0 aromatic rings. The number of carbonyl (C=O) groups is 1. The van der Waals surface area contributed by atoms with Crippen LogP contribution in [-0.2, 0) is 9.53 Å². The highest BCUT2D eigenvalue weighted by atomic mass is 79.9. The van der Waals surface area contributed by atoms with Gasteiger partial charge in [-0.25, -0.2) is 0 Å². The van der Waals surface area contributed by atoms with Crippen LogP contribution in [0.15, 0.2) is 20.8 Å². The van der Waals surface area contributed by atoms with Gasteiger partial charge in [-0.2, -0.15) is 0 Å². The monoisotopic (exact) mass is 262 g/mol. The Bertz CT molecular complexity index is 251. The molecule has 0 spiro atoms. The Labute approximate surface area is 92.3 Å². The molecule has 0 unspecified atom stereocenters. The lowest BCUT2D eigenvalue weighted by molar-refractivity contribution is -0.139. The molecule has 0 fully saturated rings. The smallest absolute Gasteiger partial charge is 0.309 e. The van der Waals surface area contributed by atoms with Crippen LogP contribution < -0.4 is 0 Å².